The van der Waals surface area contributed by atoms with Crippen LogP contribution >= 0.6 is 23.4 Å². The predicted molar refractivity (Wildman–Crippen MR) is 72.0 cm³/mol. The molecule has 2 aromatic rings. The quantitative estimate of drug-likeness (QED) is 0.689. The number of aliphatic carboxylic acids is 1. The van der Waals surface area contributed by atoms with Gasteiger partial charge in [0, 0.05) is 11.9 Å². The van der Waals surface area contributed by atoms with Crippen molar-refractivity contribution in [2.24, 2.45) is 0 Å². The SMILES string of the molecule is Cc1nnc(S/C(=C\c2ccccc2Cl)C(=O)O)o1. The van der Waals surface area contributed by atoms with Gasteiger partial charge in [0.05, 0.1) is 0 Å². The van der Waals surface area contributed by atoms with Gasteiger partial charge >= 0.3 is 5.97 Å². The van der Waals surface area contributed by atoms with E-state index in [2.05, 4.69) is 10.2 Å². The van der Waals surface area contributed by atoms with Crippen LogP contribution in [0.15, 0.2) is 38.8 Å². The number of aromatic nitrogens is 2. The molecule has 0 atom stereocenters. The van der Waals surface area contributed by atoms with Crippen molar-refractivity contribution in [3.63, 3.8) is 0 Å². The molecule has 1 aromatic carbocycles. The standard InChI is InChI=1S/C12H9ClN2O3S/c1-7-14-15-12(18-7)19-10(11(16)17)6-8-4-2-3-5-9(8)13/h2-6H,1H3,(H,16,17)/b10-6-. The minimum absolute atomic E-state index is 0.0525. The maximum atomic E-state index is 11.2. The molecule has 7 heteroatoms. The van der Waals surface area contributed by atoms with E-state index >= 15 is 0 Å². The van der Waals surface area contributed by atoms with E-state index in [0.717, 1.165) is 11.8 Å². The fraction of sp³-hybridized carbons (Fsp3) is 0.0833. The Balaban J connectivity index is 2.30. The summed E-state index contributed by atoms with van der Waals surface area (Å²) in [7, 11) is 0. The van der Waals surface area contributed by atoms with Gasteiger partial charge in [-0.3, -0.25) is 0 Å². The molecule has 0 bridgehead atoms. The van der Waals surface area contributed by atoms with Crippen molar-refractivity contribution < 1.29 is 14.3 Å². The van der Waals surface area contributed by atoms with Crippen LogP contribution in [0.4, 0.5) is 0 Å². The van der Waals surface area contributed by atoms with E-state index < -0.39 is 5.97 Å². The molecule has 0 spiro atoms. The van der Waals surface area contributed by atoms with Gasteiger partial charge in [0.15, 0.2) is 0 Å². The molecule has 5 nitrogen and oxygen atoms in total. The van der Waals surface area contributed by atoms with E-state index in [1.54, 1.807) is 31.2 Å². The van der Waals surface area contributed by atoms with Crippen LogP contribution in [0, 0.1) is 6.92 Å². The number of benzene rings is 1. The predicted octanol–water partition coefficient (Wildman–Crippen LogP) is 3.25. The van der Waals surface area contributed by atoms with Crippen molar-refractivity contribution in [3.05, 3.63) is 45.6 Å². The maximum Gasteiger partial charge on any atom is 0.342 e. The summed E-state index contributed by atoms with van der Waals surface area (Å²) in [6.45, 7) is 1.63. The molecule has 0 amide bonds. The zero-order chi connectivity index (χ0) is 13.8. The molecule has 2 rings (SSSR count). The van der Waals surface area contributed by atoms with Crippen LogP contribution in [0.5, 0.6) is 0 Å². The van der Waals surface area contributed by atoms with Gasteiger partial charge in [-0.05, 0) is 29.5 Å². The Labute approximate surface area is 118 Å². The summed E-state index contributed by atoms with van der Waals surface area (Å²) in [5, 5.41) is 17.2. The third kappa shape index (κ3) is 3.59. The molecule has 0 unspecified atom stereocenters. The van der Waals surface area contributed by atoms with Gasteiger partial charge < -0.3 is 9.52 Å². The van der Waals surface area contributed by atoms with Gasteiger partial charge in [-0.25, -0.2) is 4.79 Å². The molecule has 19 heavy (non-hydrogen) atoms. The van der Waals surface area contributed by atoms with E-state index in [9.17, 15) is 9.90 Å². The first-order chi connectivity index (χ1) is 9.06. The van der Waals surface area contributed by atoms with Gasteiger partial charge in [-0.1, -0.05) is 29.8 Å². The lowest BCUT2D eigenvalue weighted by Crippen LogP contribution is -1.97. The molecule has 0 radical (unpaired) electrons. The highest BCUT2D eigenvalue weighted by Gasteiger charge is 2.14. The Hall–Kier alpha value is -1.79. The second-order valence-corrected chi connectivity index (χ2v) is 4.92. The highest BCUT2D eigenvalue weighted by molar-refractivity contribution is 8.03. The fourth-order valence-electron chi connectivity index (χ4n) is 1.28. The number of hydrogen-bond donors (Lipinski definition) is 1. The monoisotopic (exact) mass is 296 g/mol. The van der Waals surface area contributed by atoms with E-state index in [1.807, 2.05) is 0 Å². The second kappa shape index (κ2) is 5.90. The van der Waals surface area contributed by atoms with Crippen molar-refractivity contribution in [2.75, 3.05) is 0 Å². The summed E-state index contributed by atoms with van der Waals surface area (Å²) < 4.78 is 5.14. The number of halogens is 1. The van der Waals surface area contributed by atoms with Gasteiger partial charge in [0.25, 0.3) is 5.22 Å². The number of carbonyl (C=O) groups is 1. The van der Waals surface area contributed by atoms with Crippen molar-refractivity contribution >= 4 is 35.4 Å². The summed E-state index contributed by atoms with van der Waals surface area (Å²) in [5.41, 5.74) is 0.616. The lowest BCUT2D eigenvalue weighted by Gasteiger charge is -2.00. The molecule has 0 aliphatic heterocycles. The third-order valence-corrected chi connectivity index (χ3v) is 3.30. The maximum absolute atomic E-state index is 11.2. The zero-order valence-electron chi connectivity index (χ0n) is 9.83. The van der Waals surface area contributed by atoms with Crippen molar-refractivity contribution in [1.29, 1.82) is 0 Å². The van der Waals surface area contributed by atoms with Crippen LogP contribution in [-0.4, -0.2) is 21.3 Å². The normalized spacial score (nSPS) is 11.6. The van der Waals surface area contributed by atoms with Gasteiger partial charge in [-0.15, -0.1) is 10.2 Å². The molecule has 98 valence electrons. The van der Waals surface area contributed by atoms with Crippen molar-refractivity contribution in [2.45, 2.75) is 12.1 Å². The van der Waals surface area contributed by atoms with Gasteiger partial charge in [-0.2, -0.15) is 0 Å². The molecule has 1 aromatic heterocycles. The lowest BCUT2D eigenvalue weighted by molar-refractivity contribution is -0.131. The van der Waals surface area contributed by atoms with E-state index in [4.69, 9.17) is 16.0 Å². The number of nitrogens with zero attached hydrogens (tertiary/aromatic N) is 2. The van der Waals surface area contributed by atoms with Crippen molar-refractivity contribution in [3.8, 4) is 0 Å². The molecule has 1 N–H and O–H groups in total. The Morgan fingerprint density at radius 1 is 1.42 bits per heavy atom. The van der Waals surface area contributed by atoms with Crippen LogP contribution in [0.25, 0.3) is 6.08 Å². The first-order valence-electron chi connectivity index (χ1n) is 5.24. The summed E-state index contributed by atoms with van der Waals surface area (Å²) in [6.07, 6.45) is 1.47. The zero-order valence-corrected chi connectivity index (χ0v) is 11.4. The third-order valence-electron chi connectivity index (χ3n) is 2.11. The average molecular weight is 297 g/mol. The number of thioether (sulfide) groups is 1. The average Bonchev–Trinajstić information content (AvgIpc) is 2.76. The number of hydrogen-bond acceptors (Lipinski definition) is 5. The van der Waals surface area contributed by atoms with Gasteiger partial charge in [0.1, 0.15) is 4.91 Å². The highest BCUT2D eigenvalue weighted by Crippen LogP contribution is 2.29. The van der Waals surface area contributed by atoms with Crippen LogP contribution in [-0.2, 0) is 4.79 Å². The Morgan fingerprint density at radius 2 is 2.16 bits per heavy atom. The largest absolute Gasteiger partial charge is 0.477 e. The Morgan fingerprint density at radius 3 is 2.74 bits per heavy atom. The van der Waals surface area contributed by atoms with E-state index in [-0.39, 0.29) is 10.1 Å². The van der Waals surface area contributed by atoms with Gasteiger partial charge in [0.2, 0.25) is 5.89 Å². The lowest BCUT2D eigenvalue weighted by atomic mass is 10.2. The molecular weight excluding hydrogens is 288 g/mol. The van der Waals surface area contributed by atoms with Crippen LogP contribution in [0.1, 0.15) is 11.5 Å². The molecular formula is C12H9ClN2O3S. The van der Waals surface area contributed by atoms with E-state index in [0.29, 0.717) is 16.5 Å². The minimum atomic E-state index is -1.08. The first kappa shape index (κ1) is 13.6. The number of aryl methyl sites for hydroxylation is 1. The van der Waals surface area contributed by atoms with Crippen molar-refractivity contribution in [1.82, 2.24) is 10.2 Å². The molecule has 0 saturated heterocycles. The summed E-state index contributed by atoms with van der Waals surface area (Å²) >= 11 is 6.87. The van der Waals surface area contributed by atoms with Crippen LogP contribution in [0.2, 0.25) is 5.02 Å². The molecule has 0 saturated carbocycles. The summed E-state index contributed by atoms with van der Waals surface area (Å²) in [6, 6.07) is 6.96. The fourth-order valence-corrected chi connectivity index (χ4v) is 2.18. The minimum Gasteiger partial charge on any atom is -0.477 e. The number of carboxylic acids is 1. The molecule has 1 heterocycles. The summed E-state index contributed by atoms with van der Waals surface area (Å²) in [4.78, 5) is 11.3. The molecule has 0 aliphatic rings. The first-order valence-corrected chi connectivity index (χ1v) is 6.43. The Kier molecular flexibility index (Phi) is 4.24. The molecule has 0 aliphatic carbocycles. The topological polar surface area (TPSA) is 76.2 Å². The molecule has 0 fully saturated rings. The van der Waals surface area contributed by atoms with Crippen LogP contribution in [0.3, 0.4) is 0 Å². The van der Waals surface area contributed by atoms with Crippen LogP contribution < -0.4 is 0 Å². The number of rotatable bonds is 4. The smallest absolute Gasteiger partial charge is 0.342 e. The summed E-state index contributed by atoms with van der Waals surface area (Å²) in [5.74, 6) is -0.703. The Bertz CT molecular complexity index is 639. The highest BCUT2D eigenvalue weighted by atomic mass is 35.5. The van der Waals surface area contributed by atoms with E-state index in [1.165, 1.54) is 6.08 Å². The number of carboxylic acid groups (broad SMARTS) is 1. The second-order valence-electron chi connectivity index (χ2n) is 3.52.